The molecular formula is C14H13N3O3. The van der Waals surface area contributed by atoms with Crippen molar-refractivity contribution in [2.24, 2.45) is 0 Å². The third-order valence-electron chi connectivity index (χ3n) is 3.05. The number of benzene rings is 1. The van der Waals surface area contributed by atoms with Crippen LogP contribution in [0.25, 0.3) is 16.7 Å². The molecule has 0 amide bonds. The number of rotatable bonds is 2. The molecule has 2 heterocycles. The Morgan fingerprint density at radius 1 is 1.30 bits per heavy atom. The maximum atomic E-state index is 12.6. The zero-order valence-corrected chi connectivity index (χ0v) is 11.1. The zero-order valence-electron chi connectivity index (χ0n) is 11.1. The van der Waals surface area contributed by atoms with Crippen LogP contribution in [-0.4, -0.2) is 19.8 Å². The SMILES string of the molecule is CC(C)c1nc2cc(O)ccc2c(=O)n1-c1ccon1. The van der Waals surface area contributed by atoms with Gasteiger partial charge in [-0.1, -0.05) is 19.0 Å². The fraction of sp³-hybridized carbons (Fsp3) is 0.214. The van der Waals surface area contributed by atoms with Crippen molar-refractivity contribution in [1.82, 2.24) is 14.7 Å². The van der Waals surface area contributed by atoms with Crippen molar-refractivity contribution in [2.75, 3.05) is 0 Å². The molecule has 0 aliphatic carbocycles. The standard InChI is InChI=1S/C14H13N3O3/c1-8(2)13-15-11-7-9(18)3-4-10(11)14(19)17(13)12-5-6-20-16-12/h3-8,18H,1-2H3. The summed E-state index contributed by atoms with van der Waals surface area (Å²) >= 11 is 0. The number of hydrogen-bond acceptors (Lipinski definition) is 5. The molecule has 3 rings (SSSR count). The van der Waals surface area contributed by atoms with Crippen LogP contribution < -0.4 is 5.56 Å². The molecule has 0 unspecified atom stereocenters. The van der Waals surface area contributed by atoms with Gasteiger partial charge in [0.15, 0.2) is 5.82 Å². The highest BCUT2D eigenvalue weighted by Gasteiger charge is 2.17. The summed E-state index contributed by atoms with van der Waals surface area (Å²) in [6.45, 7) is 3.87. The maximum absolute atomic E-state index is 12.6. The zero-order chi connectivity index (χ0) is 14.3. The number of phenolic OH excluding ortho intramolecular Hbond substituents is 1. The van der Waals surface area contributed by atoms with Gasteiger partial charge in [0.1, 0.15) is 17.8 Å². The van der Waals surface area contributed by atoms with Gasteiger partial charge in [-0.25, -0.2) is 9.55 Å². The second-order valence-corrected chi connectivity index (χ2v) is 4.82. The summed E-state index contributed by atoms with van der Waals surface area (Å²) in [5.74, 6) is 1.08. The monoisotopic (exact) mass is 271 g/mol. The molecule has 0 saturated carbocycles. The van der Waals surface area contributed by atoms with Crippen LogP contribution in [0.4, 0.5) is 0 Å². The number of aromatic nitrogens is 3. The number of hydrogen-bond donors (Lipinski definition) is 1. The van der Waals surface area contributed by atoms with Crippen LogP contribution in [0.2, 0.25) is 0 Å². The lowest BCUT2D eigenvalue weighted by Crippen LogP contribution is -2.24. The number of fused-ring (bicyclic) bond motifs is 1. The van der Waals surface area contributed by atoms with E-state index in [0.29, 0.717) is 22.5 Å². The van der Waals surface area contributed by atoms with E-state index in [-0.39, 0.29) is 17.2 Å². The summed E-state index contributed by atoms with van der Waals surface area (Å²) < 4.78 is 6.25. The van der Waals surface area contributed by atoms with Crippen LogP contribution in [0.1, 0.15) is 25.6 Å². The molecule has 0 saturated heterocycles. The summed E-state index contributed by atoms with van der Waals surface area (Å²) in [5.41, 5.74) is 0.242. The molecule has 0 radical (unpaired) electrons. The van der Waals surface area contributed by atoms with Crippen molar-refractivity contribution in [2.45, 2.75) is 19.8 Å². The molecule has 0 spiro atoms. The van der Waals surface area contributed by atoms with Gasteiger partial charge in [-0.3, -0.25) is 4.79 Å². The molecule has 0 fully saturated rings. The topological polar surface area (TPSA) is 81.2 Å². The average molecular weight is 271 g/mol. The third kappa shape index (κ3) is 1.85. The first kappa shape index (κ1) is 12.4. The smallest absolute Gasteiger partial charge is 0.267 e. The van der Waals surface area contributed by atoms with Crippen LogP contribution in [0.15, 0.2) is 39.8 Å². The molecule has 1 aromatic carbocycles. The van der Waals surface area contributed by atoms with Gasteiger partial charge in [0.2, 0.25) is 0 Å². The minimum Gasteiger partial charge on any atom is -0.508 e. The highest BCUT2D eigenvalue weighted by molar-refractivity contribution is 5.79. The molecule has 0 aliphatic rings. The quantitative estimate of drug-likeness (QED) is 0.772. The predicted molar refractivity (Wildman–Crippen MR) is 73.2 cm³/mol. The van der Waals surface area contributed by atoms with Gasteiger partial charge >= 0.3 is 0 Å². The molecule has 2 aromatic heterocycles. The van der Waals surface area contributed by atoms with Gasteiger partial charge in [0.05, 0.1) is 10.9 Å². The van der Waals surface area contributed by atoms with Gasteiger partial charge in [-0.05, 0) is 12.1 Å². The van der Waals surface area contributed by atoms with Crippen molar-refractivity contribution >= 4 is 10.9 Å². The van der Waals surface area contributed by atoms with E-state index in [1.54, 1.807) is 12.1 Å². The Kier molecular flexibility index (Phi) is 2.78. The van der Waals surface area contributed by atoms with E-state index in [2.05, 4.69) is 10.1 Å². The van der Waals surface area contributed by atoms with Gasteiger partial charge in [-0.15, -0.1) is 0 Å². The van der Waals surface area contributed by atoms with E-state index in [1.165, 1.54) is 23.0 Å². The lowest BCUT2D eigenvalue weighted by molar-refractivity contribution is 0.415. The van der Waals surface area contributed by atoms with Gasteiger partial charge in [-0.2, -0.15) is 0 Å². The Hall–Kier alpha value is -2.63. The Labute approximate surface area is 114 Å². The summed E-state index contributed by atoms with van der Waals surface area (Å²) in [6, 6.07) is 6.12. The molecular weight excluding hydrogens is 258 g/mol. The Bertz CT molecular complexity index is 820. The Balaban J connectivity index is 2.44. The highest BCUT2D eigenvalue weighted by Crippen LogP contribution is 2.20. The molecule has 20 heavy (non-hydrogen) atoms. The lowest BCUT2D eigenvalue weighted by atomic mass is 10.1. The van der Waals surface area contributed by atoms with Crippen molar-refractivity contribution in [3.63, 3.8) is 0 Å². The van der Waals surface area contributed by atoms with Crippen molar-refractivity contribution in [3.05, 3.63) is 46.7 Å². The van der Waals surface area contributed by atoms with Crippen LogP contribution in [0.3, 0.4) is 0 Å². The summed E-state index contributed by atoms with van der Waals surface area (Å²) in [5, 5.41) is 13.8. The minimum absolute atomic E-state index is 0.0196. The molecule has 0 bridgehead atoms. The Morgan fingerprint density at radius 2 is 2.10 bits per heavy atom. The Morgan fingerprint density at radius 3 is 2.75 bits per heavy atom. The molecule has 0 atom stereocenters. The first-order valence-corrected chi connectivity index (χ1v) is 6.24. The first-order chi connectivity index (χ1) is 9.58. The van der Waals surface area contributed by atoms with Crippen LogP contribution >= 0.6 is 0 Å². The van der Waals surface area contributed by atoms with Gasteiger partial charge in [0.25, 0.3) is 5.56 Å². The van der Waals surface area contributed by atoms with E-state index in [1.807, 2.05) is 13.8 Å². The van der Waals surface area contributed by atoms with Crippen molar-refractivity contribution < 1.29 is 9.63 Å². The van der Waals surface area contributed by atoms with Gasteiger partial charge < -0.3 is 9.63 Å². The van der Waals surface area contributed by atoms with E-state index in [4.69, 9.17) is 4.52 Å². The second-order valence-electron chi connectivity index (χ2n) is 4.82. The fourth-order valence-electron chi connectivity index (χ4n) is 2.12. The lowest BCUT2D eigenvalue weighted by Gasteiger charge is -2.13. The van der Waals surface area contributed by atoms with Crippen molar-refractivity contribution in [3.8, 4) is 11.6 Å². The van der Waals surface area contributed by atoms with E-state index >= 15 is 0 Å². The van der Waals surface area contributed by atoms with E-state index in [0.717, 1.165) is 0 Å². The third-order valence-corrected chi connectivity index (χ3v) is 3.05. The molecule has 6 nitrogen and oxygen atoms in total. The first-order valence-electron chi connectivity index (χ1n) is 6.24. The van der Waals surface area contributed by atoms with Crippen LogP contribution in [-0.2, 0) is 0 Å². The molecule has 0 aliphatic heterocycles. The number of aromatic hydroxyl groups is 1. The molecule has 1 N–H and O–H groups in total. The predicted octanol–water partition coefficient (Wildman–Crippen LogP) is 2.20. The summed E-state index contributed by atoms with van der Waals surface area (Å²) in [6.07, 6.45) is 1.41. The van der Waals surface area contributed by atoms with Crippen LogP contribution in [0.5, 0.6) is 5.75 Å². The average Bonchev–Trinajstić information content (AvgIpc) is 2.91. The highest BCUT2D eigenvalue weighted by atomic mass is 16.5. The van der Waals surface area contributed by atoms with Crippen LogP contribution in [0, 0.1) is 0 Å². The molecule has 6 heteroatoms. The number of phenols is 1. The number of nitrogens with zero attached hydrogens (tertiary/aromatic N) is 3. The molecule has 3 aromatic rings. The maximum Gasteiger partial charge on any atom is 0.267 e. The van der Waals surface area contributed by atoms with Crippen molar-refractivity contribution in [1.29, 1.82) is 0 Å². The minimum atomic E-state index is -0.229. The summed E-state index contributed by atoms with van der Waals surface area (Å²) in [4.78, 5) is 17.1. The summed E-state index contributed by atoms with van der Waals surface area (Å²) in [7, 11) is 0. The van der Waals surface area contributed by atoms with E-state index in [9.17, 15) is 9.90 Å². The fourth-order valence-corrected chi connectivity index (χ4v) is 2.12. The van der Waals surface area contributed by atoms with Gasteiger partial charge in [0, 0.05) is 18.1 Å². The van der Waals surface area contributed by atoms with E-state index < -0.39 is 0 Å². The second kappa shape index (κ2) is 4.48. The molecule has 102 valence electrons. The largest absolute Gasteiger partial charge is 0.508 e. The normalized spacial score (nSPS) is 11.3.